The van der Waals surface area contributed by atoms with Crippen LogP contribution in [0.4, 0.5) is 5.69 Å². The molecule has 130 valence electrons. The summed E-state index contributed by atoms with van der Waals surface area (Å²) in [6.45, 7) is 3.31. The third-order valence-corrected chi connectivity index (χ3v) is 6.52. The second-order valence-corrected chi connectivity index (χ2v) is 9.44. The fraction of sp³-hybridized carbons (Fsp3) is 0.444. The van der Waals surface area contributed by atoms with Crippen LogP contribution in [0.1, 0.15) is 17.7 Å². The van der Waals surface area contributed by atoms with E-state index in [0.29, 0.717) is 10.9 Å². The molecule has 24 heavy (non-hydrogen) atoms. The van der Waals surface area contributed by atoms with Gasteiger partial charge < -0.3 is 10.2 Å². The molecule has 0 unspecified atom stereocenters. The van der Waals surface area contributed by atoms with Crippen LogP contribution >= 0.6 is 11.3 Å². The van der Waals surface area contributed by atoms with Crippen LogP contribution in [0.15, 0.2) is 46.7 Å². The number of sulfone groups is 1. The Morgan fingerprint density at radius 3 is 2.67 bits per heavy atom. The number of rotatable bonds is 6. The van der Waals surface area contributed by atoms with E-state index in [1.54, 1.807) is 18.2 Å². The molecular weight excluding hydrogens is 340 g/mol. The smallest absolute Gasteiger partial charge is 0.175 e. The molecule has 3 rings (SSSR count). The molecule has 1 fully saturated rings. The minimum Gasteiger partial charge on any atom is -0.382 e. The van der Waals surface area contributed by atoms with Gasteiger partial charge >= 0.3 is 0 Å². The summed E-state index contributed by atoms with van der Waals surface area (Å²) in [5, 5.41) is 5.63. The topological polar surface area (TPSA) is 49.4 Å². The molecule has 1 aliphatic heterocycles. The van der Waals surface area contributed by atoms with Crippen molar-refractivity contribution in [3.63, 3.8) is 0 Å². The molecule has 1 aromatic carbocycles. The standard InChI is InChI=1S/C18H24N2O2S2/c1-24(21,22)18-6-2-4-16(14-18)19-15-7-10-20(11-8-15)12-9-17-5-3-13-23-17/h2-6,13-15,19H,7-12H2,1H3. The lowest BCUT2D eigenvalue weighted by molar-refractivity contribution is 0.222. The van der Waals surface area contributed by atoms with Crippen molar-refractivity contribution in [2.24, 2.45) is 0 Å². The van der Waals surface area contributed by atoms with Crippen molar-refractivity contribution in [2.45, 2.75) is 30.2 Å². The Morgan fingerprint density at radius 2 is 2.00 bits per heavy atom. The maximum absolute atomic E-state index is 11.7. The number of anilines is 1. The van der Waals surface area contributed by atoms with Gasteiger partial charge in [-0.2, -0.15) is 0 Å². The number of likely N-dealkylation sites (tertiary alicyclic amines) is 1. The largest absolute Gasteiger partial charge is 0.382 e. The molecule has 1 aliphatic rings. The van der Waals surface area contributed by atoms with E-state index in [1.165, 1.54) is 11.1 Å². The van der Waals surface area contributed by atoms with Gasteiger partial charge in [0.1, 0.15) is 0 Å². The van der Waals surface area contributed by atoms with Crippen molar-refractivity contribution in [1.82, 2.24) is 4.90 Å². The molecule has 0 aliphatic carbocycles. The van der Waals surface area contributed by atoms with Crippen LogP contribution in [0, 0.1) is 0 Å². The van der Waals surface area contributed by atoms with Crippen LogP contribution in [-0.2, 0) is 16.3 Å². The highest BCUT2D eigenvalue weighted by atomic mass is 32.2. The Hall–Kier alpha value is -1.37. The molecule has 0 spiro atoms. The second kappa shape index (κ2) is 7.68. The van der Waals surface area contributed by atoms with Crippen LogP contribution in [0.3, 0.4) is 0 Å². The van der Waals surface area contributed by atoms with Gasteiger partial charge in [0.05, 0.1) is 4.90 Å². The molecular formula is C18H24N2O2S2. The van der Waals surface area contributed by atoms with Gasteiger partial charge in [-0.15, -0.1) is 11.3 Å². The Bertz CT molecular complexity index is 749. The summed E-state index contributed by atoms with van der Waals surface area (Å²) in [6.07, 6.45) is 4.56. The number of hydrogen-bond acceptors (Lipinski definition) is 5. The van der Waals surface area contributed by atoms with Crippen LogP contribution in [0.25, 0.3) is 0 Å². The fourth-order valence-electron chi connectivity index (χ4n) is 3.08. The van der Waals surface area contributed by atoms with E-state index in [2.05, 4.69) is 27.7 Å². The van der Waals surface area contributed by atoms with E-state index in [-0.39, 0.29) is 0 Å². The normalized spacial score (nSPS) is 17.0. The molecule has 1 N–H and O–H groups in total. The summed E-state index contributed by atoms with van der Waals surface area (Å²) in [4.78, 5) is 4.35. The van der Waals surface area contributed by atoms with Gasteiger partial charge in [-0.25, -0.2) is 8.42 Å². The van der Waals surface area contributed by atoms with Crippen molar-refractivity contribution in [3.05, 3.63) is 46.7 Å². The van der Waals surface area contributed by atoms with Crippen LogP contribution in [-0.4, -0.2) is 45.2 Å². The second-order valence-electron chi connectivity index (χ2n) is 6.39. The van der Waals surface area contributed by atoms with Gasteiger partial charge in [0, 0.05) is 42.5 Å². The highest BCUT2D eigenvalue weighted by Gasteiger charge is 2.19. The summed E-state index contributed by atoms with van der Waals surface area (Å²) in [5.74, 6) is 0. The number of thiophene rings is 1. The summed E-state index contributed by atoms with van der Waals surface area (Å²) in [6, 6.07) is 11.9. The number of hydrogen-bond donors (Lipinski definition) is 1. The molecule has 1 aromatic heterocycles. The molecule has 0 bridgehead atoms. The van der Waals surface area contributed by atoms with Gasteiger partial charge in [-0.1, -0.05) is 12.1 Å². The molecule has 0 atom stereocenters. The van der Waals surface area contributed by atoms with Crippen LogP contribution < -0.4 is 5.32 Å². The highest BCUT2D eigenvalue weighted by Crippen LogP contribution is 2.20. The van der Waals surface area contributed by atoms with E-state index in [0.717, 1.165) is 44.6 Å². The maximum Gasteiger partial charge on any atom is 0.175 e. The Morgan fingerprint density at radius 1 is 1.21 bits per heavy atom. The van der Waals surface area contributed by atoms with Crippen LogP contribution in [0.2, 0.25) is 0 Å². The summed E-state index contributed by atoms with van der Waals surface area (Å²) in [5.41, 5.74) is 0.898. The minimum atomic E-state index is -3.15. The zero-order valence-electron chi connectivity index (χ0n) is 13.9. The number of nitrogens with zero attached hydrogens (tertiary/aromatic N) is 1. The third kappa shape index (κ3) is 4.82. The monoisotopic (exact) mass is 364 g/mol. The number of nitrogens with one attached hydrogen (secondary N) is 1. The van der Waals surface area contributed by atoms with Gasteiger partial charge in [0.2, 0.25) is 0 Å². The van der Waals surface area contributed by atoms with E-state index in [9.17, 15) is 8.42 Å². The van der Waals surface area contributed by atoms with E-state index in [1.807, 2.05) is 17.4 Å². The number of benzene rings is 1. The molecule has 6 heteroatoms. The lowest BCUT2D eigenvalue weighted by atomic mass is 10.0. The summed E-state index contributed by atoms with van der Waals surface area (Å²) >= 11 is 1.83. The number of piperidine rings is 1. The van der Waals surface area contributed by atoms with Gasteiger partial charge in [-0.3, -0.25) is 0 Å². The first-order valence-corrected chi connectivity index (χ1v) is 11.1. The Kier molecular flexibility index (Phi) is 5.58. The molecule has 0 saturated carbocycles. The Balaban J connectivity index is 1.48. The van der Waals surface area contributed by atoms with E-state index in [4.69, 9.17) is 0 Å². The first kappa shape index (κ1) is 17.5. The van der Waals surface area contributed by atoms with Gasteiger partial charge in [0.25, 0.3) is 0 Å². The van der Waals surface area contributed by atoms with Gasteiger partial charge in [-0.05, 0) is 48.9 Å². The average molecular weight is 365 g/mol. The highest BCUT2D eigenvalue weighted by molar-refractivity contribution is 7.90. The quantitative estimate of drug-likeness (QED) is 0.855. The third-order valence-electron chi connectivity index (χ3n) is 4.48. The fourth-order valence-corrected chi connectivity index (χ4v) is 4.44. The van der Waals surface area contributed by atoms with Crippen molar-refractivity contribution in [3.8, 4) is 0 Å². The molecule has 2 heterocycles. The average Bonchev–Trinajstić information content (AvgIpc) is 3.07. The predicted octanol–water partition coefficient (Wildman–Crippen LogP) is 3.27. The zero-order valence-corrected chi connectivity index (χ0v) is 15.6. The summed E-state index contributed by atoms with van der Waals surface area (Å²) < 4.78 is 23.3. The van der Waals surface area contributed by atoms with Crippen LogP contribution in [0.5, 0.6) is 0 Å². The van der Waals surface area contributed by atoms with Gasteiger partial charge in [0.15, 0.2) is 9.84 Å². The molecule has 2 aromatic rings. The molecule has 4 nitrogen and oxygen atoms in total. The summed E-state index contributed by atoms with van der Waals surface area (Å²) in [7, 11) is -3.15. The SMILES string of the molecule is CS(=O)(=O)c1cccc(NC2CCN(CCc3cccs3)CC2)c1. The van der Waals surface area contributed by atoms with Crippen molar-refractivity contribution in [1.29, 1.82) is 0 Å². The van der Waals surface area contributed by atoms with Crippen molar-refractivity contribution >= 4 is 26.9 Å². The lowest BCUT2D eigenvalue weighted by Gasteiger charge is -2.32. The first-order chi connectivity index (χ1) is 11.5. The van der Waals surface area contributed by atoms with E-state index < -0.39 is 9.84 Å². The predicted molar refractivity (Wildman–Crippen MR) is 101 cm³/mol. The molecule has 1 saturated heterocycles. The van der Waals surface area contributed by atoms with Crippen molar-refractivity contribution < 1.29 is 8.42 Å². The molecule has 0 radical (unpaired) electrons. The minimum absolute atomic E-state index is 0.376. The maximum atomic E-state index is 11.7. The Labute approximate surface area is 148 Å². The van der Waals surface area contributed by atoms with Crippen molar-refractivity contribution in [2.75, 3.05) is 31.2 Å². The first-order valence-electron chi connectivity index (χ1n) is 8.32. The lowest BCUT2D eigenvalue weighted by Crippen LogP contribution is -2.39. The molecule has 0 amide bonds. The zero-order chi connectivity index (χ0) is 17.0. The van der Waals surface area contributed by atoms with E-state index >= 15 is 0 Å².